The maximum absolute atomic E-state index is 14.3. The van der Waals surface area contributed by atoms with Gasteiger partial charge in [-0.15, -0.1) is 24.8 Å². The Kier molecular flexibility index (Phi) is 8.55. The Hall–Kier alpha value is -2.41. The number of halogens is 2. The van der Waals surface area contributed by atoms with E-state index >= 15 is 0 Å². The second-order valence-electron chi connectivity index (χ2n) is 11.5. The van der Waals surface area contributed by atoms with E-state index in [1.807, 2.05) is 0 Å². The molecule has 3 aromatic rings. The molecule has 2 fully saturated rings. The predicted octanol–water partition coefficient (Wildman–Crippen LogP) is 5.49. The second kappa shape index (κ2) is 11.4. The summed E-state index contributed by atoms with van der Waals surface area (Å²) in [5.41, 5.74) is 3.73. The zero-order valence-corrected chi connectivity index (χ0v) is 24.2. The van der Waals surface area contributed by atoms with Gasteiger partial charge in [0.1, 0.15) is 12.1 Å². The molecule has 2 saturated heterocycles. The van der Waals surface area contributed by atoms with Crippen LogP contribution in [0.5, 0.6) is 0 Å². The third-order valence-corrected chi connectivity index (χ3v) is 8.63. The van der Waals surface area contributed by atoms with Crippen LogP contribution in [0.25, 0.3) is 10.8 Å². The number of hydrogen-bond donors (Lipinski definition) is 1. The Balaban J connectivity index is 0.00000168. The number of rotatable bonds is 4. The van der Waals surface area contributed by atoms with E-state index < -0.39 is 0 Å². The Labute approximate surface area is 238 Å². The molecule has 1 aliphatic carbocycles. The monoisotopic (exact) mass is 555 g/mol. The first-order valence-electron chi connectivity index (χ1n) is 13.5. The molecule has 3 unspecified atom stereocenters. The van der Waals surface area contributed by atoms with Crippen LogP contribution in [0.1, 0.15) is 68.7 Å². The predicted molar refractivity (Wildman–Crippen MR) is 159 cm³/mol. The van der Waals surface area contributed by atoms with E-state index in [1.165, 1.54) is 22.0 Å². The summed E-state index contributed by atoms with van der Waals surface area (Å²) in [7, 11) is 0. The molecule has 2 aromatic carbocycles. The molecule has 2 aliphatic heterocycles. The first-order chi connectivity index (χ1) is 17.4. The van der Waals surface area contributed by atoms with Crippen LogP contribution in [0.3, 0.4) is 0 Å². The number of carbonyl (C=O) groups excluding carboxylic acids is 1. The molecule has 1 N–H and O–H groups in total. The summed E-state index contributed by atoms with van der Waals surface area (Å²) in [6.45, 7) is 9.85. The Morgan fingerprint density at radius 3 is 2.47 bits per heavy atom. The third kappa shape index (κ3) is 5.23. The number of fused-ring (bicyclic) bond motifs is 2. The molecular weight excluding hydrogens is 517 g/mol. The van der Waals surface area contributed by atoms with Crippen molar-refractivity contribution < 1.29 is 4.79 Å². The van der Waals surface area contributed by atoms with Crippen molar-refractivity contribution in [2.45, 2.75) is 69.9 Å². The number of nitrogens with zero attached hydrogens (tertiary/aromatic N) is 4. The van der Waals surface area contributed by atoms with Gasteiger partial charge in [0.2, 0.25) is 5.91 Å². The minimum Gasteiger partial charge on any atom is -0.353 e. The molecule has 3 heterocycles. The highest BCUT2D eigenvalue weighted by Gasteiger charge is 2.41. The van der Waals surface area contributed by atoms with Gasteiger partial charge in [-0.3, -0.25) is 4.79 Å². The molecule has 8 heteroatoms. The highest BCUT2D eigenvalue weighted by molar-refractivity contribution is 5.93. The van der Waals surface area contributed by atoms with Crippen LogP contribution in [0.15, 0.2) is 48.8 Å². The summed E-state index contributed by atoms with van der Waals surface area (Å²) < 4.78 is 0. The van der Waals surface area contributed by atoms with Crippen molar-refractivity contribution in [2.24, 2.45) is 0 Å². The summed E-state index contributed by atoms with van der Waals surface area (Å²) in [5.74, 6) is 1.65. The highest BCUT2D eigenvalue weighted by atomic mass is 35.5. The summed E-state index contributed by atoms with van der Waals surface area (Å²) in [6.07, 6.45) is 6.00. The molecule has 38 heavy (non-hydrogen) atoms. The molecule has 0 saturated carbocycles. The number of hydrogen-bond acceptors (Lipinski definition) is 5. The topological polar surface area (TPSA) is 61.4 Å². The normalized spacial score (nSPS) is 22.9. The zero-order valence-electron chi connectivity index (χ0n) is 22.5. The zero-order chi connectivity index (χ0) is 24.9. The van der Waals surface area contributed by atoms with E-state index in [0.29, 0.717) is 5.92 Å². The van der Waals surface area contributed by atoms with Crippen molar-refractivity contribution in [1.82, 2.24) is 20.2 Å². The number of aromatic nitrogens is 2. The molecule has 0 spiro atoms. The van der Waals surface area contributed by atoms with Crippen LogP contribution in [0, 0.1) is 0 Å². The Bertz CT molecular complexity index is 1290. The van der Waals surface area contributed by atoms with E-state index in [-0.39, 0.29) is 48.2 Å². The summed E-state index contributed by atoms with van der Waals surface area (Å²) in [6, 6.07) is 15.0. The maximum atomic E-state index is 14.3. The average Bonchev–Trinajstić information content (AvgIpc) is 3.46. The molecule has 1 aromatic heterocycles. The summed E-state index contributed by atoms with van der Waals surface area (Å²) >= 11 is 0. The highest BCUT2D eigenvalue weighted by Crippen LogP contribution is 2.39. The van der Waals surface area contributed by atoms with Crippen LogP contribution in [0.4, 0.5) is 5.82 Å². The lowest BCUT2D eigenvalue weighted by molar-refractivity contribution is -0.133. The van der Waals surface area contributed by atoms with Crippen LogP contribution in [-0.4, -0.2) is 58.5 Å². The smallest absolute Gasteiger partial charge is 0.231 e. The van der Waals surface area contributed by atoms with Gasteiger partial charge in [-0.2, -0.15) is 0 Å². The van der Waals surface area contributed by atoms with Crippen molar-refractivity contribution >= 4 is 47.3 Å². The van der Waals surface area contributed by atoms with Gasteiger partial charge in [0, 0.05) is 49.0 Å². The second-order valence-corrected chi connectivity index (χ2v) is 11.5. The molecule has 3 atom stereocenters. The fourth-order valence-electron chi connectivity index (χ4n) is 6.67. The molecule has 0 radical (unpaired) electrons. The number of nitrogens with one attached hydrogen (secondary N) is 1. The first-order valence-corrected chi connectivity index (χ1v) is 13.5. The van der Waals surface area contributed by atoms with Crippen LogP contribution < -0.4 is 10.2 Å². The minimum absolute atomic E-state index is 0. The van der Waals surface area contributed by atoms with E-state index in [0.717, 1.165) is 63.2 Å². The number of anilines is 1. The number of aryl methyl sites for hydroxylation is 1. The molecule has 6 nitrogen and oxygen atoms in total. The lowest BCUT2D eigenvalue weighted by Gasteiger charge is -2.39. The van der Waals surface area contributed by atoms with Crippen molar-refractivity contribution in [3.8, 4) is 0 Å². The lowest BCUT2D eigenvalue weighted by Crippen LogP contribution is -2.53. The number of amides is 1. The Morgan fingerprint density at radius 2 is 1.74 bits per heavy atom. The van der Waals surface area contributed by atoms with Crippen LogP contribution >= 0.6 is 24.8 Å². The van der Waals surface area contributed by atoms with E-state index in [9.17, 15) is 4.79 Å². The van der Waals surface area contributed by atoms with Gasteiger partial charge in [-0.05, 0) is 61.8 Å². The van der Waals surface area contributed by atoms with Crippen molar-refractivity contribution in [3.63, 3.8) is 0 Å². The first kappa shape index (κ1) is 28.6. The SMILES string of the molecule is CC1CCc2ncnc(N3CCN(C(=O)C(c4cccc5ccccc45)C4CCC(C)(C)N4)CC3)c21.Cl.Cl. The van der Waals surface area contributed by atoms with Gasteiger partial charge in [0.25, 0.3) is 0 Å². The molecule has 204 valence electrons. The van der Waals surface area contributed by atoms with Crippen molar-refractivity contribution in [1.29, 1.82) is 0 Å². The lowest BCUT2D eigenvalue weighted by atomic mass is 9.85. The Morgan fingerprint density at radius 1 is 1.00 bits per heavy atom. The van der Waals surface area contributed by atoms with Gasteiger partial charge in [-0.1, -0.05) is 49.4 Å². The van der Waals surface area contributed by atoms with Gasteiger partial charge >= 0.3 is 0 Å². The minimum atomic E-state index is -0.187. The van der Waals surface area contributed by atoms with E-state index in [4.69, 9.17) is 4.98 Å². The third-order valence-electron chi connectivity index (χ3n) is 8.63. The molecule has 6 rings (SSSR count). The maximum Gasteiger partial charge on any atom is 0.231 e. The van der Waals surface area contributed by atoms with Crippen LogP contribution in [0.2, 0.25) is 0 Å². The van der Waals surface area contributed by atoms with Gasteiger partial charge < -0.3 is 15.1 Å². The molecule has 1 amide bonds. The number of benzene rings is 2. The van der Waals surface area contributed by atoms with Gasteiger partial charge in [0.15, 0.2) is 0 Å². The molecule has 0 bridgehead atoms. The number of carbonyl (C=O) groups is 1. The summed E-state index contributed by atoms with van der Waals surface area (Å²) in [4.78, 5) is 28.0. The molecule has 3 aliphatic rings. The fourth-order valence-corrected chi connectivity index (χ4v) is 6.67. The number of piperazine rings is 1. The van der Waals surface area contributed by atoms with E-state index in [2.05, 4.69) is 83.3 Å². The van der Waals surface area contributed by atoms with Gasteiger partial charge in [-0.25, -0.2) is 9.97 Å². The van der Waals surface area contributed by atoms with Crippen molar-refractivity contribution in [2.75, 3.05) is 31.1 Å². The largest absolute Gasteiger partial charge is 0.353 e. The van der Waals surface area contributed by atoms with Crippen molar-refractivity contribution in [3.05, 3.63) is 65.6 Å². The summed E-state index contributed by atoms with van der Waals surface area (Å²) in [5, 5.41) is 6.19. The molecular formula is C30H39Cl2N5O. The van der Waals surface area contributed by atoms with E-state index in [1.54, 1.807) is 6.33 Å². The average molecular weight is 557 g/mol. The fraction of sp³-hybridized carbons (Fsp3) is 0.500. The van der Waals surface area contributed by atoms with Gasteiger partial charge in [0.05, 0.1) is 5.92 Å². The standard InChI is InChI=1S/C30H37N5O.2ClH/c1-20-11-12-24-26(20)28(32-19-31-24)34-15-17-35(18-16-34)29(36)27(25-13-14-30(2,3)33-25)23-10-6-8-21-7-4-5-9-22(21)23;;/h4-10,19-20,25,27,33H,11-18H2,1-3H3;2*1H. The van der Waals surface area contributed by atoms with Crippen LogP contribution in [-0.2, 0) is 11.2 Å². The quantitative estimate of drug-likeness (QED) is 0.461.